The monoisotopic (exact) mass is 426 g/mol. The molecule has 8 nitrogen and oxygen atoms in total. The number of piperazine rings is 1. The van der Waals surface area contributed by atoms with Crippen molar-refractivity contribution < 1.29 is 14.3 Å². The molecule has 0 bridgehead atoms. The van der Waals surface area contributed by atoms with E-state index in [0.717, 1.165) is 0 Å². The summed E-state index contributed by atoms with van der Waals surface area (Å²) >= 11 is 1.42. The molecule has 30 heavy (non-hydrogen) atoms. The van der Waals surface area contributed by atoms with Gasteiger partial charge in [0.1, 0.15) is 11.2 Å². The summed E-state index contributed by atoms with van der Waals surface area (Å²) in [7, 11) is 1.60. The van der Waals surface area contributed by atoms with Gasteiger partial charge in [-0.3, -0.25) is 14.2 Å². The fourth-order valence-electron chi connectivity index (χ4n) is 3.75. The number of rotatable bonds is 4. The van der Waals surface area contributed by atoms with Gasteiger partial charge in [0.25, 0.3) is 11.5 Å². The van der Waals surface area contributed by atoms with Crippen LogP contribution in [0.3, 0.4) is 0 Å². The van der Waals surface area contributed by atoms with Crippen molar-refractivity contribution in [3.05, 3.63) is 56.6 Å². The third-order valence-corrected chi connectivity index (χ3v) is 6.07. The number of hydrogen-bond donors (Lipinski definition) is 0. The predicted octanol–water partition coefficient (Wildman–Crippen LogP) is 2.13. The van der Waals surface area contributed by atoms with E-state index in [-0.39, 0.29) is 18.1 Å². The van der Waals surface area contributed by atoms with E-state index in [4.69, 9.17) is 4.74 Å². The van der Waals surface area contributed by atoms with Crippen LogP contribution >= 0.6 is 11.3 Å². The van der Waals surface area contributed by atoms with E-state index in [0.29, 0.717) is 47.8 Å². The Kier molecular flexibility index (Phi) is 5.54. The SMILES string of the molecule is CCOC(=O)c1c(N2CCN(C(=O)c3cccs3)CC2)c2cccnc2n(C)c1=O. The van der Waals surface area contributed by atoms with Crippen LogP contribution in [0.2, 0.25) is 0 Å². The van der Waals surface area contributed by atoms with Crippen LogP contribution in [0.5, 0.6) is 0 Å². The van der Waals surface area contributed by atoms with E-state index < -0.39 is 11.5 Å². The molecule has 0 aliphatic carbocycles. The fraction of sp³-hybridized carbons (Fsp3) is 0.333. The van der Waals surface area contributed by atoms with Gasteiger partial charge in [-0.2, -0.15) is 0 Å². The molecule has 0 saturated carbocycles. The van der Waals surface area contributed by atoms with Crippen LogP contribution < -0.4 is 10.5 Å². The standard InChI is InChI=1S/C21H22N4O4S/c1-3-29-21(28)16-17(14-6-4-8-22-18(14)23(2)20(16)27)24-9-11-25(12-10-24)19(26)15-7-5-13-30-15/h4-8,13H,3,9-12H2,1-2H3. The third-order valence-electron chi connectivity index (χ3n) is 5.21. The van der Waals surface area contributed by atoms with Gasteiger partial charge in [0.2, 0.25) is 0 Å². The van der Waals surface area contributed by atoms with Crippen LogP contribution in [0.15, 0.2) is 40.6 Å². The number of fused-ring (bicyclic) bond motifs is 1. The Hall–Kier alpha value is -3.20. The molecule has 4 heterocycles. The second-order valence-corrected chi connectivity index (χ2v) is 7.89. The molecule has 1 saturated heterocycles. The molecule has 0 N–H and O–H groups in total. The lowest BCUT2D eigenvalue weighted by Crippen LogP contribution is -2.49. The number of aromatic nitrogens is 2. The first-order valence-electron chi connectivity index (χ1n) is 9.75. The Morgan fingerprint density at radius 2 is 1.93 bits per heavy atom. The van der Waals surface area contributed by atoms with Gasteiger partial charge in [0.05, 0.1) is 17.2 Å². The van der Waals surface area contributed by atoms with E-state index in [2.05, 4.69) is 4.98 Å². The number of anilines is 1. The molecule has 4 rings (SSSR count). The molecule has 3 aromatic heterocycles. The molecule has 1 amide bonds. The summed E-state index contributed by atoms with van der Waals surface area (Å²) in [6, 6.07) is 7.31. The number of carbonyl (C=O) groups is 2. The third kappa shape index (κ3) is 3.45. The minimum absolute atomic E-state index is 0.00534. The number of carbonyl (C=O) groups excluding carboxylic acids is 2. The highest BCUT2D eigenvalue weighted by Gasteiger charge is 2.30. The number of ether oxygens (including phenoxy) is 1. The van der Waals surface area contributed by atoms with Crippen LogP contribution in [0, 0.1) is 0 Å². The normalized spacial score (nSPS) is 14.2. The number of hydrogen-bond acceptors (Lipinski definition) is 7. The second-order valence-electron chi connectivity index (χ2n) is 6.94. The average molecular weight is 426 g/mol. The zero-order chi connectivity index (χ0) is 21.3. The molecule has 0 aromatic carbocycles. The maximum atomic E-state index is 13.0. The number of aryl methyl sites for hydroxylation is 1. The molecular formula is C21H22N4O4S. The summed E-state index contributed by atoms with van der Waals surface area (Å²) < 4.78 is 6.57. The lowest BCUT2D eigenvalue weighted by Gasteiger charge is -2.37. The van der Waals surface area contributed by atoms with Gasteiger partial charge in [-0.05, 0) is 30.5 Å². The molecule has 0 spiro atoms. The van der Waals surface area contributed by atoms with Crippen LogP contribution in [-0.4, -0.2) is 59.1 Å². The van der Waals surface area contributed by atoms with Gasteiger partial charge >= 0.3 is 5.97 Å². The summed E-state index contributed by atoms with van der Waals surface area (Å²) in [4.78, 5) is 47.2. The highest BCUT2D eigenvalue weighted by molar-refractivity contribution is 7.12. The molecule has 0 atom stereocenters. The smallest absolute Gasteiger partial charge is 0.345 e. The van der Waals surface area contributed by atoms with Crippen LogP contribution in [0.25, 0.3) is 11.0 Å². The first kappa shape index (κ1) is 20.1. The highest BCUT2D eigenvalue weighted by Crippen LogP contribution is 2.29. The highest BCUT2D eigenvalue weighted by atomic mass is 32.1. The van der Waals surface area contributed by atoms with Crippen molar-refractivity contribution in [2.24, 2.45) is 7.05 Å². The number of nitrogens with zero attached hydrogens (tertiary/aromatic N) is 4. The molecule has 1 aliphatic rings. The number of pyridine rings is 2. The molecule has 9 heteroatoms. The first-order valence-corrected chi connectivity index (χ1v) is 10.6. The number of thiophene rings is 1. The number of esters is 1. The van der Waals surface area contributed by atoms with E-state index in [1.54, 1.807) is 31.1 Å². The lowest BCUT2D eigenvalue weighted by molar-refractivity contribution is 0.0523. The van der Waals surface area contributed by atoms with E-state index in [1.165, 1.54) is 15.9 Å². The lowest BCUT2D eigenvalue weighted by atomic mass is 10.1. The van der Waals surface area contributed by atoms with Crippen molar-refractivity contribution in [3.63, 3.8) is 0 Å². The first-order chi connectivity index (χ1) is 14.5. The van der Waals surface area contributed by atoms with Gasteiger partial charge < -0.3 is 14.5 Å². The van der Waals surface area contributed by atoms with Crippen molar-refractivity contribution in [3.8, 4) is 0 Å². The van der Waals surface area contributed by atoms with Gasteiger partial charge in [-0.15, -0.1) is 11.3 Å². The van der Waals surface area contributed by atoms with Gasteiger partial charge in [0, 0.05) is 44.8 Å². The molecule has 1 aliphatic heterocycles. The number of amides is 1. The second kappa shape index (κ2) is 8.27. The van der Waals surface area contributed by atoms with Crippen molar-refractivity contribution in [2.75, 3.05) is 37.7 Å². The Morgan fingerprint density at radius 1 is 1.17 bits per heavy atom. The van der Waals surface area contributed by atoms with Crippen molar-refractivity contribution in [1.29, 1.82) is 0 Å². The van der Waals surface area contributed by atoms with Crippen molar-refractivity contribution in [1.82, 2.24) is 14.5 Å². The van der Waals surface area contributed by atoms with Crippen LogP contribution in [-0.2, 0) is 11.8 Å². The summed E-state index contributed by atoms with van der Waals surface area (Å²) in [5.74, 6) is -0.637. The topological polar surface area (TPSA) is 84.7 Å². The van der Waals surface area contributed by atoms with Gasteiger partial charge in [-0.1, -0.05) is 6.07 Å². The van der Waals surface area contributed by atoms with E-state index >= 15 is 0 Å². The van der Waals surface area contributed by atoms with Crippen LogP contribution in [0.1, 0.15) is 27.0 Å². The maximum Gasteiger partial charge on any atom is 0.345 e. The molecule has 0 radical (unpaired) electrons. The largest absolute Gasteiger partial charge is 0.462 e. The molecular weight excluding hydrogens is 404 g/mol. The quantitative estimate of drug-likeness (QED) is 0.595. The molecule has 156 valence electrons. The fourth-order valence-corrected chi connectivity index (χ4v) is 4.44. The Bertz CT molecular complexity index is 1150. The predicted molar refractivity (Wildman–Crippen MR) is 115 cm³/mol. The van der Waals surface area contributed by atoms with Gasteiger partial charge in [0.15, 0.2) is 0 Å². The van der Waals surface area contributed by atoms with E-state index in [1.807, 2.05) is 28.5 Å². The Balaban J connectivity index is 1.72. The Morgan fingerprint density at radius 3 is 2.60 bits per heavy atom. The molecule has 0 unspecified atom stereocenters. The average Bonchev–Trinajstić information content (AvgIpc) is 3.31. The van der Waals surface area contributed by atoms with E-state index in [9.17, 15) is 14.4 Å². The Labute approximate surface area is 177 Å². The maximum absolute atomic E-state index is 13.0. The molecule has 3 aromatic rings. The van der Waals surface area contributed by atoms with Gasteiger partial charge in [-0.25, -0.2) is 9.78 Å². The van der Waals surface area contributed by atoms with Crippen LogP contribution in [0.4, 0.5) is 5.69 Å². The minimum Gasteiger partial charge on any atom is -0.462 e. The minimum atomic E-state index is -0.643. The summed E-state index contributed by atoms with van der Waals surface area (Å²) in [5.41, 5.74) is 0.607. The zero-order valence-electron chi connectivity index (χ0n) is 16.8. The molecule has 1 fully saturated rings. The summed E-state index contributed by atoms with van der Waals surface area (Å²) in [6.07, 6.45) is 1.62. The van der Waals surface area contributed by atoms with Crippen molar-refractivity contribution >= 4 is 39.9 Å². The van der Waals surface area contributed by atoms with Crippen molar-refractivity contribution in [2.45, 2.75) is 6.92 Å². The summed E-state index contributed by atoms with van der Waals surface area (Å²) in [5, 5.41) is 2.59. The summed E-state index contributed by atoms with van der Waals surface area (Å²) in [6.45, 7) is 3.88. The zero-order valence-corrected chi connectivity index (χ0v) is 17.6.